The van der Waals surface area contributed by atoms with Gasteiger partial charge in [0.1, 0.15) is 12.3 Å². The Kier molecular flexibility index (Phi) is 7.93. The van der Waals surface area contributed by atoms with Gasteiger partial charge in [-0.15, -0.1) is 0 Å². The van der Waals surface area contributed by atoms with E-state index in [0.29, 0.717) is 34.9 Å². The number of benzene rings is 2. The van der Waals surface area contributed by atoms with Crippen molar-refractivity contribution in [2.75, 3.05) is 23.4 Å². The monoisotopic (exact) mass is 535 g/mol. The standard InChI is InChI=1S/C30H37N3O4S/c1-8-37-23-11-9-22(10-12-23)31-27(34)17-32-28(35)26(38-29(32)36)15-21-14-24-20(5)16-30(6,7)33(18(2)3)25(24)13-19(21)4/h9-15,18,20H,8,16-17H2,1-7H3,(H,31,34)/b26-15-/t20-/m0/s1. The molecule has 1 saturated heterocycles. The molecule has 202 valence electrons. The summed E-state index contributed by atoms with van der Waals surface area (Å²) in [5.41, 5.74) is 5.06. The smallest absolute Gasteiger partial charge is 0.294 e. The molecule has 2 aromatic rings. The predicted octanol–water partition coefficient (Wildman–Crippen LogP) is 6.57. The Bertz CT molecular complexity index is 1280. The molecule has 7 nitrogen and oxygen atoms in total. The van der Waals surface area contributed by atoms with Crippen LogP contribution >= 0.6 is 11.8 Å². The molecule has 3 amide bonds. The Hall–Kier alpha value is -3.26. The van der Waals surface area contributed by atoms with E-state index in [9.17, 15) is 14.4 Å². The number of thioether (sulfide) groups is 1. The summed E-state index contributed by atoms with van der Waals surface area (Å²) < 4.78 is 5.41. The molecule has 0 aliphatic carbocycles. The highest BCUT2D eigenvalue weighted by Gasteiger charge is 2.39. The van der Waals surface area contributed by atoms with Gasteiger partial charge in [-0.25, -0.2) is 0 Å². The third kappa shape index (κ3) is 5.60. The molecule has 0 aromatic heterocycles. The number of anilines is 2. The Balaban J connectivity index is 1.52. The number of hydrogen-bond acceptors (Lipinski definition) is 6. The number of nitrogens with one attached hydrogen (secondary N) is 1. The van der Waals surface area contributed by atoms with E-state index >= 15 is 0 Å². The van der Waals surface area contributed by atoms with E-state index in [0.717, 1.165) is 34.2 Å². The second-order valence-corrected chi connectivity index (χ2v) is 11.9. The summed E-state index contributed by atoms with van der Waals surface area (Å²) in [5.74, 6) is 0.183. The van der Waals surface area contributed by atoms with Crippen LogP contribution in [0.25, 0.3) is 6.08 Å². The van der Waals surface area contributed by atoms with Crippen LogP contribution in [0.5, 0.6) is 5.75 Å². The zero-order valence-electron chi connectivity index (χ0n) is 23.3. The van der Waals surface area contributed by atoms with Crippen LogP contribution in [0.3, 0.4) is 0 Å². The van der Waals surface area contributed by atoms with Crippen LogP contribution in [-0.2, 0) is 9.59 Å². The number of carbonyl (C=O) groups excluding carboxylic acids is 3. The molecular formula is C30H37N3O4S. The molecule has 2 aliphatic rings. The van der Waals surface area contributed by atoms with E-state index in [-0.39, 0.29) is 12.1 Å². The molecule has 2 aromatic carbocycles. The van der Waals surface area contributed by atoms with Crippen LogP contribution in [0.2, 0.25) is 0 Å². The molecule has 38 heavy (non-hydrogen) atoms. The lowest BCUT2D eigenvalue weighted by molar-refractivity contribution is -0.127. The lowest BCUT2D eigenvalue weighted by Gasteiger charge is -2.50. The number of fused-ring (bicyclic) bond motifs is 1. The van der Waals surface area contributed by atoms with Crippen molar-refractivity contribution in [2.24, 2.45) is 0 Å². The first kappa shape index (κ1) is 27.8. The van der Waals surface area contributed by atoms with Gasteiger partial charge in [0.05, 0.1) is 11.5 Å². The van der Waals surface area contributed by atoms with Crippen molar-refractivity contribution >= 4 is 46.3 Å². The van der Waals surface area contributed by atoms with Gasteiger partial charge < -0.3 is 15.0 Å². The molecule has 1 N–H and O–H groups in total. The van der Waals surface area contributed by atoms with Crippen molar-refractivity contribution in [1.29, 1.82) is 0 Å². The van der Waals surface area contributed by atoms with Crippen LogP contribution in [0.4, 0.5) is 16.2 Å². The first-order chi connectivity index (χ1) is 17.9. The summed E-state index contributed by atoms with van der Waals surface area (Å²) in [4.78, 5) is 42.2. The van der Waals surface area contributed by atoms with Crippen molar-refractivity contribution in [3.05, 3.63) is 58.0 Å². The lowest BCUT2D eigenvalue weighted by atomic mass is 9.78. The van der Waals surface area contributed by atoms with Crippen molar-refractivity contribution in [1.82, 2.24) is 4.90 Å². The van der Waals surface area contributed by atoms with Gasteiger partial charge in [-0.3, -0.25) is 19.3 Å². The summed E-state index contributed by atoms with van der Waals surface area (Å²) in [6.07, 6.45) is 2.82. The van der Waals surface area contributed by atoms with E-state index in [1.165, 1.54) is 11.3 Å². The van der Waals surface area contributed by atoms with E-state index in [1.54, 1.807) is 30.3 Å². The molecular weight excluding hydrogens is 498 g/mol. The highest BCUT2D eigenvalue weighted by molar-refractivity contribution is 8.18. The average Bonchev–Trinajstić information content (AvgIpc) is 3.08. The minimum absolute atomic E-state index is 0.0447. The number of rotatable bonds is 7. The lowest BCUT2D eigenvalue weighted by Crippen LogP contribution is -2.51. The van der Waals surface area contributed by atoms with Gasteiger partial charge in [0.15, 0.2) is 0 Å². The number of amides is 3. The molecule has 8 heteroatoms. The third-order valence-electron chi connectivity index (χ3n) is 7.09. The quantitative estimate of drug-likeness (QED) is 0.404. The Morgan fingerprint density at radius 1 is 1.21 bits per heavy atom. The second-order valence-electron chi connectivity index (χ2n) is 10.9. The fourth-order valence-corrected chi connectivity index (χ4v) is 6.50. The molecule has 4 rings (SSSR count). The van der Waals surface area contributed by atoms with Crippen LogP contribution in [0, 0.1) is 6.92 Å². The average molecular weight is 536 g/mol. The van der Waals surface area contributed by atoms with E-state index in [1.807, 2.05) is 13.8 Å². The fraction of sp³-hybridized carbons (Fsp3) is 0.433. The molecule has 2 aliphatic heterocycles. The summed E-state index contributed by atoms with van der Waals surface area (Å²) in [6.45, 7) is 15.4. The summed E-state index contributed by atoms with van der Waals surface area (Å²) >= 11 is 0.876. The zero-order valence-corrected chi connectivity index (χ0v) is 24.1. The van der Waals surface area contributed by atoms with Gasteiger partial charge in [0.25, 0.3) is 11.1 Å². The number of imide groups is 1. The SMILES string of the molecule is CCOc1ccc(NC(=O)CN2C(=O)S/C(=C\c3cc4c(cc3C)N(C(C)C)C(C)(C)C[C@@H]4C)C2=O)cc1. The summed E-state index contributed by atoms with van der Waals surface area (Å²) in [7, 11) is 0. The highest BCUT2D eigenvalue weighted by Crippen LogP contribution is 2.46. The van der Waals surface area contributed by atoms with Crippen LogP contribution < -0.4 is 15.0 Å². The maximum Gasteiger partial charge on any atom is 0.294 e. The van der Waals surface area contributed by atoms with Crippen molar-refractivity contribution in [3.63, 3.8) is 0 Å². The molecule has 1 atom stereocenters. The first-order valence-electron chi connectivity index (χ1n) is 13.1. The fourth-order valence-electron chi connectivity index (χ4n) is 5.67. The first-order valence-corrected chi connectivity index (χ1v) is 13.9. The third-order valence-corrected chi connectivity index (χ3v) is 8.00. The summed E-state index contributed by atoms with van der Waals surface area (Å²) in [5, 5.41) is 2.29. The molecule has 0 bridgehead atoms. The van der Waals surface area contributed by atoms with Gasteiger partial charge >= 0.3 is 0 Å². The second kappa shape index (κ2) is 10.8. The number of ether oxygens (including phenoxy) is 1. The topological polar surface area (TPSA) is 79.0 Å². The maximum atomic E-state index is 13.1. The minimum atomic E-state index is -0.447. The van der Waals surface area contributed by atoms with E-state index in [4.69, 9.17) is 4.74 Å². The number of hydrogen-bond donors (Lipinski definition) is 1. The molecule has 0 unspecified atom stereocenters. The van der Waals surface area contributed by atoms with Gasteiger partial charge in [0, 0.05) is 23.0 Å². The van der Waals surface area contributed by atoms with Crippen LogP contribution in [0.1, 0.15) is 70.6 Å². The van der Waals surface area contributed by atoms with Crippen molar-refractivity contribution in [3.8, 4) is 5.75 Å². The number of aryl methyl sites for hydroxylation is 1. The van der Waals surface area contributed by atoms with Crippen LogP contribution in [-0.4, -0.2) is 46.7 Å². The van der Waals surface area contributed by atoms with Gasteiger partial charge in [-0.1, -0.05) is 6.92 Å². The zero-order chi connectivity index (χ0) is 27.8. The highest BCUT2D eigenvalue weighted by atomic mass is 32.2. The predicted molar refractivity (Wildman–Crippen MR) is 155 cm³/mol. The molecule has 1 fully saturated rings. The number of carbonyl (C=O) groups is 3. The Morgan fingerprint density at radius 2 is 1.89 bits per heavy atom. The Labute approximate surface area is 229 Å². The van der Waals surface area contributed by atoms with E-state index in [2.05, 4.69) is 57.0 Å². The minimum Gasteiger partial charge on any atom is -0.494 e. The van der Waals surface area contributed by atoms with Gasteiger partial charge in [-0.2, -0.15) is 0 Å². The van der Waals surface area contributed by atoms with Crippen molar-refractivity contribution < 1.29 is 19.1 Å². The summed E-state index contributed by atoms with van der Waals surface area (Å²) in [6, 6.07) is 11.7. The Morgan fingerprint density at radius 3 is 2.53 bits per heavy atom. The molecule has 0 spiro atoms. The normalized spacial score (nSPS) is 19.8. The molecule has 0 radical (unpaired) electrons. The molecule has 2 heterocycles. The number of nitrogens with zero attached hydrogens (tertiary/aromatic N) is 2. The molecule has 0 saturated carbocycles. The van der Waals surface area contributed by atoms with Gasteiger partial charge in [0.2, 0.25) is 5.91 Å². The van der Waals surface area contributed by atoms with Crippen molar-refractivity contribution in [2.45, 2.75) is 72.4 Å². The van der Waals surface area contributed by atoms with E-state index < -0.39 is 17.1 Å². The van der Waals surface area contributed by atoms with Gasteiger partial charge in [-0.05, 0) is 125 Å². The maximum absolute atomic E-state index is 13.1. The largest absolute Gasteiger partial charge is 0.494 e. The van der Waals surface area contributed by atoms with Crippen LogP contribution in [0.15, 0.2) is 41.3 Å².